The van der Waals surface area contributed by atoms with Gasteiger partial charge < -0.3 is 9.73 Å². The van der Waals surface area contributed by atoms with Crippen LogP contribution in [-0.4, -0.2) is 36.3 Å². The van der Waals surface area contributed by atoms with E-state index in [-0.39, 0.29) is 17.3 Å². The minimum absolute atomic E-state index is 0.0175. The van der Waals surface area contributed by atoms with Crippen molar-refractivity contribution in [2.45, 2.75) is 18.6 Å². The lowest BCUT2D eigenvalue weighted by Crippen LogP contribution is -2.14. The highest BCUT2D eigenvalue weighted by atomic mass is 32.2. The van der Waals surface area contributed by atoms with E-state index in [2.05, 4.69) is 27.1 Å². The fourth-order valence-corrected chi connectivity index (χ4v) is 4.52. The number of nitro groups is 1. The third-order valence-corrected chi connectivity index (χ3v) is 6.29. The van der Waals surface area contributed by atoms with Crippen LogP contribution >= 0.6 is 23.1 Å². The fourth-order valence-electron chi connectivity index (χ4n) is 3.03. The molecule has 0 aliphatic heterocycles. The molecule has 0 atom stereocenters. The van der Waals surface area contributed by atoms with Crippen LogP contribution < -0.4 is 5.32 Å². The highest BCUT2D eigenvalue weighted by molar-refractivity contribution is 7.99. The first kappa shape index (κ1) is 22.4. The summed E-state index contributed by atoms with van der Waals surface area (Å²) in [6.07, 6.45) is 3.32. The first-order valence-electron chi connectivity index (χ1n) is 9.68. The molecule has 0 saturated carbocycles. The average molecular weight is 483 g/mol. The Morgan fingerprint density at radius 3 is 2.97 bits per heavy atom. The van der Waals surface area contributed by atoms with Gasteiger partial charge in [0, 0.05) is 29.6 Å². The molecule has 1 amide bonds. The van der Waals surface area contributed by atoms with Crippen molar-refractivity contribution in [3.63, 3.8) is 0 Å². The van der Waals surface area contributed by atoms with Crippen molar-refractivity contribution in [3.8, 4) is 22.6 Å². The van der Waals surface area contributed by atoms with Gasteiger partial charge in [0.25, 0.3) is 5.69 Å². The number of benzene rings is 1. The Bertz CT molecular complexity index is 1330. The summed E-state index contributed by atoms with van der Waals surface area (Å²) in [7, 11) is 0. The van der Waals surface area contributed by atoms with Crippen LogP contribution in [0.25, 0.3) is 22.6 Å². The number of nitro benzene ring substituents is 1. The van der Waals surface area contributed by atoms with Gasteiger partial charge >= 0.3 is 0 Å². The second-order valence-electron chi connectivity index (χ2n) is 6.78. The van der Waals surface area contributed by atoms with Crippen LogP contribution in [-0.2, 0) is 11.3 Å². The molecule has 0 saturated heterocycles. The lowest BCUT2D eigenvalue weighted by Gasteiger charge is -2.07. The molecule has 4 aromatic rings. The highest BCUT2D eigenvalue weighted by Crippen LogP contribution is 2.29. The Labute approximate surface area is 196 Å². The Hall–Kier alpha value is -3.77. The summed E-state index contributed by atoms with van der Waals surface area (Å²) in [5.74, 6) is 1.22. The third-order valence-electron chi connectivity index (χ3n) is 4.56. The number of thioether (sulfide) groups is 1. The maximum atomic E-state index is 12.5. The Morgan fingerprint density at radius 2 is 2.24 bits per heavy atom. The normalized spacial score (nSPS) is 10.8. The Balaban J connectivity index is 1.42. The largest absolute Gasteiger partial charge is 0.469 e. The van der Waals surface area contributed by atoms with Crippen molar-refractivity contribution in [1.29, 1.82) is 0 Å². The molecular formula is C21H18N6O4S2. The number of allylic oxidation sites excluding steroid dienone is 1. The number of carbonyl (C=O) groups excluding carboxylic acids is 1. The molecule has 0 spiro atoms. The van der Waals surface area contributed by atoms with Gasteiger partial charge in [0.2, 0.25) is 5.91 Å². The summed E-state index contributed by atoms with van der Waals surface area (Å²) in [5, 5.41) is 24.9. The standard InChI is InChI=1S/C21H18N6O4S2/c1-3-8-26-19(16-7-9-31-13(16)2)24-25-21(26)33-12-18(28)23-20-22-17(11-32-20)14-5-4-6-15(10-14)27(29)30/h3-7,9-11H,1,8,12H2,2H3,(H,22,23,28). The van der Waals surface area contributed by atoms with Crippen LogP contribution in [0.15, 0.2) is 64.2 Å². The van der Waals surface area contributed by atoms with E-state index in [9.17, 15) is 14.9 Å². The van der Waals surface area contributed by atoms with Gasteiger partial charge in [-0.3, -0.25) is 19.5 Å². The van der Waals surface area contributed by atoms with E-state index in [1.807, 2.05) is 17.6 Å². The molecule has 12 heteroatoms. The van der Waals surface area contributed by atoms with Gasteiger partial charge in [-0.05, 0) is 13.0 Å². The van der Waals surface area contributed by atoms with Gasteiger partial charge in [-0.15, -0.1) is 28.1 Å². The van der Waals surface area contributed by atoms with Crippen molar-refractivity contribution >= 4 is 39.8 Å². The number of carbonyl (C=O) groups is 1. The maximum absolute atomic E-state index is 12.5. The number of rotatable bonds is 9. The molecule has 0 unspecified atom stereocenters. The molecule has 3 aromatic heterocycles. The van der Waals surface area contributed by atoms with E-state index in [1.54, 1.807) is 29.9 Å². The first-order valence-corrected chi connectivity index (χ1v) is 11.5. The van der Waals surface area contributed by atoms with Crippen LogP contribution in [0.1, 0.15) is 5.76 Å². The second-order valence-corrected chi connectivity index (χ2v) is 8.58. The van der Waals surface area contributed by atoms with Crippen molar-refractivity contribution in [3.05, 3.63) is 70.5 Å². The number of amides is 1. The van der Waals surface area contributed by atoms with E-state index in [4.69, 9.17) is 4.42 Å². The molecular weight excluding hydrogens is 464 g/mol. The number of nitrogens with zero attached hydrogens (tertiary/aromatic N) is 5. The van der Waals surface area contributed by atoms with E-state index in [0.717, 1.165) is 11.3 Å². The number of hydrogen-bond acceptors (Lipinski definition) is 9. The molecule has 0 bridgehead atoms. The SMILES string of the molecule is C=CCn1c(SCC(=O)Nc2nc(-c3cccc([N+](=O)[O-])c3)cs2)nnc1-c1ccoc1C. The number of hydrogen-bond donors (Lipinski definition) is 1. The van der Waals surface area contributed by atoms with Gasteiger partial charge in [-0.1, -0.05) is 30.0 Å². The minimum Gasteiger partial charge on any atom is -0.469 e. The zero-order valence-electron chi connectivity index (χ0n) is 17.4. The van der Waals surface area contributed by atoms with Gasteiger partial charge in [0.05, 0.1) is 28.2 Å². The summed E-state index contributed by atoms with van der Waals surface area (Å²) < 4.78 is 7.23. The monoisotopic (exact) mass is 482 g/mol. The summed E-state index contributed by atoms with van der Waals surface area (Å²) >= 11 is 2.49. The Morgan fingerprint density at radius 1 is 1.39 bits per heavy atom. The number of thiazole rings is 1. The quantitative estimate of drug-likeness (QED) is 0.156. The second kappa shape index (κ2) is 9.79. The predicted octanol–water partition coefficient (Wildman–Crippen LogP) is 4.80. The number of anilines is 1. The Kier molecular flexibility index (Phi) is 6.66. The molecule has 168 valence electrons. The van der Waals surface area contributed by atoms with Crippen molar-refractivity contribution in [2.75, 3.05) is 11.1 Å². The molecule has 0 aliphatic carbocycles. The third kappa shape index (κ3) is 5.02. The fraction of sp³-hybridized carbons (Fsp3) is 0.143. The van der Waals surface area contributed by atoms with Gasteiger partial charge in [-0.2, -0.15) is 0 Å². The van der Waals surface area contributed by atoms with Crippen LogP contribution in [0.2, 0.25) is 0 Å². The molecule has 3 heterocycles. The van der Waals surface area contributed by atoms with Crippen LogP contribution in [0.4, 0.5) is 10.8 Å². The zero-order chi connectivity index (χ0) is 23.4. The summed E-state index contributed by atoms with van der Waals surface area (Å²) in [4.78, 5) is 27.4. The molecule has 1 aromatic carbocycles. The minimum atomic E-state index is -0.458. The number of nitrogens with one attached hydrogen (secondary N) is 1. The molecule has 0 fully saturated rings. The van der Waals surface area contributed by atoms with Crippen molar-refractivity contribution in [1.82, 2.24) is 19.7 Å². The number of aryl methyl sites for hydroxylation is 1. The number of furan rings is 1. The van der Waals surface area contributed by atoms with Gasteiger partial charge in [0.1, 0.15) is 5.76 Å². The lowest BCUT2D eigenvalue weighted by molar-refractivity contribution is -0.384. The van der Waals surface area contributed by atoms with Crippen molar-refractivity contribution < 1.29 is 14.1 Å². The van der Waals surface area contributed by atoms with E-state index in [1.165, 1.54) is 35.2 Å². The summed E-state index contributed by atoms with van der Waals surface area (Å²) in [5.41, 5.74) is 1.97. The predicted molar refractivity (Wildman–Crippen MR) is 126 cm³/mol. The molecule has 1 N–H and O–H groups in total. The van der Waals surface area contributed by atoms with Gasteiger partial charge in [0.15, 0.2) is 16.1 Å². The van der Waals surface area contributed by atoms with Crippen LogP contribution in [0, 0.1) is 17.0 Å². The summed E-state index contributed by atoms with van der Waals surface area (Å²) in [6, 6.07) is 8.01. The molecule has 0 radical (unpaired) electrons. The van der Waals surface area contributed by atoms with Gasteiger partial charge in [-0.25, -0.2) is 4.98 Å². The lowest BCUT2D eigenvalue weighted by atomic mass is 10.1. The topological polar surface area (TPSA) is 129 Å². The number of non-ortho nitro benzene ring substituents is 1. The molecule has 0 aliphatic rings. The zero-order valence-corrected chi connectivity index (χ0v) is 19.1. The maximum Gasteiger partial charge on any atom is 0.270 e. The van der Waals surface area contributed by atoms with E-state index < -0.39 is 4.92 Å². The van der Waals surface area contributed by atoms with E-state index >= 15 is 0 Å². The average Bonchev–Trinajstić information content (AvgIpc) is 3.53. The summed E-state index contributed by atoms with van der Waals surface area (Å²) in [6.45, 7) is 6.11. The number of aromatic nitrogens is 4. The highest BCUT2D eigenvalue weighted by Gasteiger charge is 2.18. The smallest absolute Gasteiger partial charge is 0.270 e. The first-order chi connectivity index (χ1) is 16.0. The van der Waals surface area contributed by atoms with E-state index in [0.29, 0.717) is 33.9 Å². The van der Waals surface area contributed by atoms with Crippen LogP contribution in [0.5, 0.6) is 0 Å². The molecule has 4 rings (SSSR count). The molecule has 10 nitrogen and oxygen atoms in total. The van der Waals surface area contributed by atoms with Crippen molar-refractivity contribution in [2.24, 2.45) is 0 Å². The van der Waals surface area contributed by atoms with Crippen LogP contribution in [0.3, 0.4) is 0 Å². The molecule has 33 heavy (non-hydrogen) atoms.